The fourth-order valence-corrected chi connectivity index (χ4v) is 4.11. The van der Waals surface area contributed by atoms with Gasteiger partial charge in [-0.2, -0.15) is 0 Å². The number of hydrogen-bond acceptors (Lipinski definition) is 0. The fourth-order valence-electron chi connectivity index (χ4n) is 2.34. The Kier molecular flexibility index (Phi) is 13.4. The molecular weight excluding hydrogens is 219 g/mol. The largest absolute Gasteiger partial charge is 0.236 e. The zero-order valence-electron chi connectivity index (χ0n) is 12.9. The summed E-state index contributed by atoms with van der Waals surface area (Å²) >= 11 is 0.317. The maximum atomic E-state index is 2.34. The first-order valence-electron chi connectivity index (χ1n) is 8.13. The highest BCUT2D eigenvalue weighted by Crippen LogP contribution is 2.12. The van der Waals surface area contributed by atoms with Gasteiger partial charge in [0.1, 0.15) is 0 Å². The maximum absolute atomic E-state index is 2.34. The van der Waals surface area contributed by atoms with Gasteiger partial charge in [0.2, 0.25) is 15.2 Å². The Morgan fingerprint density at radius 3 is 1.41 bits per heavy atom. The minimum absolute atomic E-state index is 0. The summed E-state index contributed by atoms with van der Waals surface area (Å²) < 4.78 is 0. The first kappa shape index (κ1) is 17.5. The molecule has 0 fully saturated rings. The van der Waals surface area contributed by atoms with Gasteiger partial charge in [-0.25, -0.2) is 0 Å². The lowest BCUT2D eigenvalue weighted by molar-refractivity contribution is 0.532. The van der Waals surface area contributed by atoms with Crippen molar-refractivity contribution in [2.75, 3.05) is 0 Å². The monoisotopic (exact) mass is 256 g/mol. The average Bonchev–Trinajstić information content (AvgIpc) is 2.25. The summed E-state index contributed by atoms with van der Waals surface area (Å²) in [5, 5.41) is 3.23. The molecule has 0 saturated heterocycles. The van der Waals surface area contributed by atoms with E-state index in [4.69, 9.17) is 0 Å². The summed E-state index contributed by atoms with van der Waals surface area (Å²) in [6, 6.07) is 0. The van der Waals surface area contributed by atoms with Gasteiger partial charge in [-0.05, 0) is 11.8 Å². The molecule has 104 valence electrons. The van der Waals surface area contributed by atoms with Crippen LogP contribution in [0.1, 0.15) is 80.5 Å². The van der Waals surface area contributed by atoms with Crippen LogP contribution in [0.5, 0.6) is 0 Å². The van der Waals surface area contributed by atoms with E-state index in [-0.39, 0.29) is 1.43 Å². The van der Waals surface area contributed by atoms with Gasteiger partial charge in [0.25, 0.3) is 0 Å². The Morgan fingerprint density at radius 1 is 0.647 bits per heavy atom. The Labute approximate surface area is 118 Å². The van der Waals surface area contributed by atoms with Crippen LogP contribution in [-0.4, -0.2) is 15.2 Å². The molecule has 0 rings (SSSR count). The molecule has 0 amide bonds. The molecule has 1 heteroatoms. The van der Waals surface area contributed by atoms with E-state index in [0.717, 1.165) is 11.8 Å². The van der Waals surface area contributed by atoms with E-state index >= 15 is 0 Å². The minimum atomic E-state index is 0. The first-order chi connectivity index (χ1) is 8.13. The Morgan fingerprint density at radius 2 is 1.06 bits per heavy atom. The van der Waals surface area contributed by atoms with Crippen LogP contribution in [0.25, 0.3) is 0 Å². The standard InChI is InChI=1S/2C8H17.Al.H2.H/c2*1-4-5-6-7-8(2)3;;;/h2*8H,1,4-7H2,2-3H3;;1H;. The quantitative estimate of drug-likeness (QED) is 0.299. The van der Waals surface area contributed by atoms with Gasteiger partial charge in [-0.3, -0.25) is 0 Å². The smallest absolute Gasteiger partial charge is 0.0972 e. The maximum Gasteiger partial charge on any atom is 0.236 e. The predicted octanol–water partition coefficient (Wildman–Crippen LogP) is 5.94. The van der Waals surface area contributed by atoms with Crippen molar-refractivity contribution < 1.29 is 1.43 Å². The highest BCUT2D eigenvalue weighted by atomic mass is 27.1. The van der Waals surface area contributed by atoms with E-state index in [1.165, 1.54) is 51.4 Å². The van der Waals surface area contributed by atoms with Crippen LogP contribution < -0.4 is 0 Å². The van der Waals surface area contributed by atoms with Gasteiger partial charge in [0.05, 0.1) is 0 Å². The van der Waals surface area contributed by atoms with E-state index in [9.17, 15) is 0 Å². The third-order valence-corrected chi connectivity index (χ3v) is 5.56. The Hall–Kier alpha value is 0.532. The Bertz CT molecular complexity index is 130. The molecular formula is C16H37Al. The lowest BCUT2D eigenvalue weighted by Gasteiger charge is -2.04. The first-order valence-corrected chi connectivity index (χ1v) is 10.1. The molecule has 0 bridgehead atoms. The second-order valence-corrected chi connectivity index (χ2v) is 8.67. The highest BCUT2D eigenvalue weighted by Gasteiger charge is 1.98. The second kappa shape index (κ2) is 13.0. The van der Waals surface area contributed by atoms with Crippen molar-refractivity contribution in [2.24, 2.45) is 11.8 Å². The third-order valence-electron chi connectivity index (χ3n) is 3.56. The van der Waals surface area contributed by atoms with E-state index in [1.54, 1.807) is 10.6 Å². The fraction of sp³-hybridized carbons (Fsp3) is 1.00. The molecule has 0 aliphatic heterocycles. The highest BCUT2D eigenvalue weighted by molar-refractivity contribution is 6.35. The summed E-state index contributed by atoms with van der Waals surface area (Å²) in [5.74, 6) is 1.82. The molecule has 0 nitrogen and oxygen atoms in total. The normalized spacial score (nSPS) is 11.4. The lowest BCUT2D eigenvalue weighted by atomic mass is 10.1. The number of hydrogen-bond donors (Lipinski definition) is 0. The topological polar surface area (TPSA) is 0 Å². The molecule has 0 aromatic rings. The lowest BCUT2D eigenvalue weighted by Crippen LogP contribution is -1.92. The average molecular weight is 256 g/mol. The summed E-state index contributed by atoms with van der Waals surface area (Å²) in [5.41, 5.74) is 0. The van der Waals surface area contributed by atoms with Crippen molar-refractivity contribution in [3.63, 3.8) is 0 Å². The second-order valence-electron chi connectivity index (χ2n) is 6.55. The summed E-state index contributed by atoms with van der Waals surface area (Å²) in [4.78, 5) is 0. The van der Waals surface area contributed by atoms with Crippen molar-refractivity contribution >= 4 is 15.2 Å². The molecule has 0 saturated carbocycles. The molecule has 17 heavy (non-hydrogen) atoms. The molecule has 0 atom stereocenters. The molecule has 0 heterocycles. The van der Waals surface area contributed by atoms with Crippen LogP contribution in [0.15, 0.2) is 0 Å². The Balaban J connectivity index is 0. The van der Waals surface area contributed by atoms with Gasteiger partial charge in [-0.1, -0.05) is 89.6 Å². The van der Waals surface area contributed by atoms with Gasteiger partial charge in [-0.15, -0.1) is 0 Å². The molecule has 0 aromatic carbocycles. The van der Waals surface area contributed by atoms with E-state index in [1.807, 2.05) is 0 Å². The molecule has 0 N–H and O–H groups in total. The van der Waals surface area contributed by atoms with Crippen molar-refractivity contribution in [2.45, 2.75) is 89.6 Å². The van der Waals surface area contributed by atoms with Crippen LogP contribution in [-0.2, 0) is 0 Å². The van der Waals surface area contributed by atoms with Crippen molar-refractivity contribution in [3.05, 3.63) is 0 Å². The van der Waals surface area contributed by atoms with Crippen LogP contribution >= 0.6 is 0 Å². The van der Waals surface area contributed by atoms with Gasteiger partial charge in [0.15, 0.2) is 0 Å². The molecule has 0 radical (unpaired) electrons. The van der Waals surface area contributed by atoms with Gasteiger partial charge >= 0.3 is 0 Å². The molecule has 0 aliphatic carbocycles. The van der Waals surface area contributed by atoms with Crippen LogP contribution in [0.2, 0.25) is 10.6 Å². The molecule has 0 spiro atoms. The molecule has 0 unspecified atom stereocenters. The third kappa shape index (κ3) is 16.5. The van der Waals surface area contributed by atoms with Crippen LogP contribution in [0.4, 0.5) is 0 Å². The number of rotatable bonds is 12. The van der Waals surface area contributed by atoms with E-state index in [2.05, 4.69) is 27.7 Å². The van der Waals surface area contributed by atoms with E-state index in [0.29, 0.717) is 15.2 Å². The molecule has 0 aromatic heterocycles. The SMILES string of the molecule is CC(C)CCCC[CH2][AlH][CH2]CCCCC(C)C.[HH]. The summed E-state index contributed by atoms with van der Waals surface area (Å²) in [6.45, 7) is 9.36. The van der Waals surface area contributed by atoms with Crippen molar-refractivity contribution in [1.29, 1.82) is 0 Å². The summed E-state index contributed by atoms with van der Waals surface area (Å²) in [6.07, 6.45) is 11.9. The predicted molar refractivity (Wildman–Crippen MR) is 85.5 cm³/mol. The zero-order chi connectivity index (χ0) is 12.9. The van der Waals surface area contributed by atoms with E-state index < -0.39 is 0 Å². The number of unbranched alkanes of at least 4 members (excludes halogenated alkanes) is 4. The van der Waals surface area contributed by atoms with Crippen molar-refractivity contribution in [1.82, 2.24) is 0 Å². The van der Waals surface area contributed by atoms with Crippen LogP contribution in [0, 0.1) is 11.8 Å². The van der Waals surface area contributed by atoms with Crippen LogP contribution in [0.3, 0.4) is 0 Å². The summed E-state index contributed by atoms with van der Waals surface area (Å²) in [7, 11) is 0. The molecule has 0 aliphatic rings. The van der Waals surface area contributed by atoms with Gasteiger partial charge < -0.3 is 0 Å². The zero-order valence-corrected chi connectivity index (χ0v) is 14.3. The van der Waals surface area contributed by atoms with Gasteiger partial charge in [0, 0.05) is 1.43 Å². The minimum Gasteiger partial charge on any atom is -0.0972 e. The van der Waals surface area contributed by atoms with Crippen molar-refractivity contribution in [3.8, 4) is 0 Å².